The molecule has 0 unspecified atom stereocenters. The Morgan fingerprint density at radius 2 is 1.25 bits per heavy atom. The van der Waals surface area contributed by atoms with Crippen molar-refractivity contribution in [2.45, 2.75) is 65.7 Å². The molecule has 3 N–H and O–H groups in total. The Morgan fingerprint density at radius 1 is 0.725 bits per heavy atom. The van der Waals surface area contributed by atoms with Gasteiger partial charge >= 0.3 is 9.75 Å². The van der Waals surface area contributed by atoms with Crippen molar-refractivity contribution in [3.05, 3.63) is 113 Å². The zero-order chi connectivity index (χ0) is 37.6. The molecular formula is C39H43Cl2N5O3S2. The number of rotatable bonds is 6. The number of thiazole rings is 2. The van der Waals surface area contributed by atoms with E-state index < -0.39 is 5.41 Å². The fraction of sp³-hybridized carbons (Fsp3) is 0.333. The maximum absolute atomic E-state index is 12.1. The molecule has 0 aliphatic rings. The number of halogens is 2. The number of nitrogen functional groups attached to an aromatic ring is 1. The lowest BCUT2D eigenvalue weighted by Gasteiger charge is -2.35. The summed E-state index contributed by atoms with van der Waals surface area (Å²) in [6.45, 7) is 15.4. The molecule has 51 heavy (non-hydrogen) atoms. The summed E-state index contributed by atoms with van der Waals surface area (Å²) < 4.78 is 4.78. The standard InChI is InChI=1S/C31H36ClN3O2S.C8H7ClN2OS/c1-29(2,3)18-30(4,5)20-14-21(31(6,7)19-12-10-9-11-13-19)27(36)24(15-20)34-33-23-17-26-25(16-22(23)32)35(8)28(37)38-26;1-11-6-2-4(9)5(10)3-7(6)13-8(11)12/h9-17,36H,18H2,1-8H3;2-3H,10H2,1H3. The smallest absolute Gasteiger partial charge is 0.307 e. The third-order valence-corrected chi connectivity index (χ3v) is 11.7. The number of phenolic OH excluding ortho intramolecular Hbond substituents is 1. The first-order chi connectivity index (χ1) is 23.7. The average molecular weight is 765 g/mol. The van der Waals surface area contributed by atoms with Crippen molar-refractivity contribution in [1.82, 2.24) is 9.13 Å². The molecule has 0 aliphatic carbocycles. The van der Waals surface area contributed by atoms with Gasteiger partial charge in [-0.15, -0.1) is 10.2 Å². The van der Waals surface area contributed by atoms with Crippen LogP contribution in [0.4, 0.5) is 17.1 Å². The molecule has 0 amide bonds. The minimum Gasteiger partial charge on any atom is -0.505 e. The lowest BCUT2D eigenvalue weighted by molar-refractivity contribution is 0.283. The Kier molecular flexibility index (Phi) is 10.7. The highest BCUT2D eigenvalue weighted by Gasteiger charge is 2.33. The van der Waals surface area contributed by atoms with E-state index >= 15 is 0 Å². The summed E-state index contributed by atoms with van der Waals surface area (Å²) >= 11 is 14.7. The van der Waals surface area contributed by atoms with E-state index in [-0.39, 0.29) is 26.3 Å². The summed E-state index contributed by atoms with van der Waals surface area (Å²) in [5.74, 6) is 0.0967. The number of anilines is 1. The number of aryl methyl sites for hydroxylation is 2. The fourth-order valence-electron chi connectivity index (χ4n) is 6.49. The minimum absolute atomic E-state index is 0.00309. The van der Waals surface area contributed by atoms with Crippen LogP contribution >= 0.6 is 45.9 Å². The predicted octanol–water partition coefficient (Wildman–Crippen LogP) is 11.2. The lowest BCUT2D eigenvalue weighted by Crippen LogP contribution is -2.26. The third-order valence-electron chi connectivity index (χ3n) is 9.05. The molecule has 8 nitrogen and oxygen atoms in total. The van der Waals surface area contributed by atoms with E-state index in [1.165, 1.54) is 11.3 Å². The zero-order valence-electron chi connectivity index (χ0n) is 30.3. The Labute approximate surface area is 315 Å². The maximum atomic E-state index is 12.1. The molecule has 0 radical (unpaired) electrons. The van der Waals surface area contributed by atoms with E-state index in [0.29, 0.717) is 27.1 Å². The van der Waals surface area contributed by atoms with Gasteiger partial charge in [0.25, 0.3) is 0 Å². The maximum Gasteiger partial charge on any atom is 0.307 e. The SMILES string of the molecule is Cn1c(=O)sc2cc(N)c(Cl)cc21.Cn1c(=O)sc2cc(N=Nc3cc(C(C)(C)CC(C)(C)C)cc(C(C)(C)c4ccccc4)c3O)c(Cl)cc21. The van der Waals surface area contributed by atoms with Gasteiger partial charge in [0.1, 0.15) is 17.1 Å². The number of phenols is 1. The summed E-state index contributed by atoms with van der Waals surface area (Å²) in [5.41, 5.74) is 11.0. The zero-order valence-corrected chi connectivity index (χ0v) is 33.4. The molecule has 0 fully saturated rings. The van der Waals surface area contributed by atoms with Gasteiger partial charge in [0, 0.05) is 25.1 Å². The molecule has 6 rings (SSSR count). The third kappa shape index (κ3) is 8.09. The summed E-state index contributed by atoms with van der Waals surface area (Å²) in [7, 11) is 3.44. The van der Waals surface area contributed by atoms with Crippen molar-refractivity contribution in [2.75, 3.05) is 5.73 Å². The van der Waals surface area contributed by atoms with E-state index in [1.807, 2.05) is 24.3 Å². The van der Waals surface area contributed by atoms with Gasteiger partial charge in [0.15, 0.2) is 0 Å². The molecule has 0 bridgehead atoms. The second kappa shape index (κ2) is 14.2. The predicted molar refractivity (Wildman–Crippen MR) is 217 cm³/mol. The summed E-state index contributed by atoms with van der Waals surface area (Å²) in [6, 6.07) is 21.2. The summed E-state index contributed by atoms with van der Waals surface area (Å²) in [4.78, 5) is 23.3. The molecule has 2 heterocycles. The van der Waals surface area contributed by atoms with Crippen LogP contribution in [-0.4, -0.2) is 14.2 Å². The molecule has 0 saturated carbocycles. The second-order valence-corrected chi connectivity index (χ2v) is 18.0. The van der Waals surface area contributed by atoms with Crippen LogP contribution in [0.2, 0.25) is 10.0 Å². The first-order valence-corrected chi connectivity index (χ1v) is 18.8. The van der Waals surface area contributed by atoms with E-state index in [0.717, 1.165) is 54.9 Å². The Hall–Kier alpha value is -3.96. The van der Waals surface area contributed by atoms with Gasteiger partial charge in [0.2, 0.25) is 0 Å². The first kappa shape index (κ1) is 38.3. The van der Waals surface area contributed by atoms with Gasteiger partial charge in [-0.2, -0.15) is 0 Å². The van der Waals surface area contributed by atoms with Crippen molar-refractivity contribution in [2.24, 2.45) is 29.7 Å². The monoisotopic (exact) mass is 763 g/mol. The number of nitrogens with zero attached hydrogens (tertiary/aromatic N) is 4. The Bertz CT molecular complexity index is 2400. The van der Waals surface area contributed by atoms with Crippen LogP contribution in [0.1, 0.15) is 71.6 Å². The van der Waals surface area contributed by atoms with Crippen LogP contribution in [-0.2, 0) is 24.9 Å². The van der Waals surface area contributed by atoms with Crippen molar-refractivity contribution >= 4 is 83.4 Å². The van der Waals surface area contributed by atoms with Gasteiger partial charge in [0.05, 0.1) is 36.2 Å². The van der Waals surface area contributed by atoms with Crippen molar-refractivity contribution in [3.63, 3.8) is 0 Å². The van der Waals surface area contributed by atoms with Crippen LogP contribution in [0.3, 0.4) is 0 Å². The molecule has 0 atom stereocenters. The van der Waals surface area contributed by atoms with Crippen LogP contribution in [0.5, 0.6) is 5.75 Å². The first-order valence-electron chi connectivity index (χ1n) is 16.4. The van der Waals surface area contributed by atoms with Crippen LogP contribution in [0.15, 0.2) is 86.5 Å². The summed E-state index contributed by atoms with van der Waals surface area (Å²) in [6.07, 6.45) is 0.946. The fourth-order valence-corrected chi connectivity index (χ4v) is 8.64. The van der Waals surface area contributed by atoms with E-state index in [1.54, 1.807) is 47.5 Å². The average Bonchev–Trinajstić information content (AvgIpc) is 3.47. The molecule has 12 heteroatoms. The van der Waals surface area contributed by atoms with Crippen molar-refractivity contribution in [1.29, 1.82) is 0 Å². The lowest BCUT2D eigenvalue weighted by atomic mass is 9.70. The number of hydrogen-bond acceptors (Lipinski definition) is 8. The number of hydrogen-bond donors (Lipinski definition) is 2. The van der Waals surface area contributed by atoms with E-state index in [2.05, 4.69) is 76.9 Å². The molecule has 0 spiro atoms. The van der Waals surface area contributed by atoms with Gasteiger partial charge < -0.3 is 20.0 Å². The highest BCUT2D eigenvalue weighted by molar-refractivity contribution is 7.16. The molecule has 0 aliphatic heterocycles. The van der Waals surface area contributed by atoms with E-state index in [4.69, 9.17) is 28.9 Å². The number of aromatic nitrogens is 2. The van der Waals surface area contributed by atoms with Gasteiger partial charge in [-0.25, -0.2) is 0 Å². The van der Waals surface area contributed by atoms with Crippen LogP contribution in [0, 0.1) is 5.41 Å². The highest BCUT2D eigenvalue weighted by Crippen LogP contribution is 2.47. The highest BCUT2D eigenvalue weighted by atomic mass is 35.5. The largest absolute Gasteiger partial charge is 0.505 e. The number of aromatic hydroxyl groups is 1. The van der Waals surface area contributed by atoms with Crippen molar-refractivity contribution < 1.29 is 5.11 Å². The quantitative estimate of drug-likeness (QED) is 0.130. The second-order valence-electron chi connectivity index (χ2n) is 15.2. The number of fused-ring (bicyclic) bond motifs is 2. The number of nitrogens with two attached hydrogens (primary N) is 1. The Balaban J connectivity index is 0.000000323. The Morgan fingerprint density at radius 3 is 1.82 bits per heavy atom. The molecule has 268 valence electrons. The normalized spacial score (nSPS) is 12.5. The van der Waals surface area contributed by atoms with Gasteiger partial charge in [-0.05, 0) is 58.7 Å². The van der Waals surface area contributed by atoms with Crippen molar-refractivity contribution in [3.8, 4) is 5.75 Å². The minimum atomic E-state index is -0.476. The van der Waals surface area contributed by atoms with Crippen LogP contribution < -0.4 is 15.5 Å². The van der Waals surface area contributed by atoms with E-state index in [9.17, 15) is 14.7 Å². The van der Waals surface area contributed by atoms with Gasteiger partial charge in [-0.3, -0.25) is 9.59 Å². The molecule has 4 aromatic carbocycles. The molecule has 0 saturated heterocycles. The van der Waals surface area contributed by atoms with Gasteiger partial charge in [-0.1, -0.05) is 131 Å². The van der Waals surface area contributed by atoms with Crippen LogP contribution in [0.25, 0.3) is 20.4 Å². The molecular weight excluding hydrogens is 722 g/mol. The summed E-state index contributed by atoms with van der Waals surface area (Å²) in [5, 5.41) is 21.4. The number of benzene rings is 4. The topological polar surface area (TPSA) is 115 Å². The number of azo groups is 1. The molecule has 2 aromatic heterocycles. The molecule has 6 aromatic rings.